The lowest BCUT2D eigenvalue weighted by molar-refractivity contribution is 0.138. The van der Waals surface area contributed by atoms with Crippen LogP contribution in [0.4, 0.5) is 8.87 Å². The van der Waals surface area contributed by atoms with E-state index in [0.29, 0.717) is 0 Å². The molecule has 38 valence electrons. The largest absolute Gasteiger partial charge is 0.220 e. The van der Waals surface area contributed by atoms with Gasteiger partial charge in [-0.1, -0.05) is 9.24 Å². The van der Waals surface area contributed by atoms with Crippen molar-refractivity contribution in [2.75, 3.05) is 0 Å². The van der Waals surface area contributed by atoms with Crippen LogP contribution in [0.15, 0.2) is 0 Å². The number of rotatable bonds is 1. The Kier molecular flexibility index (Phi) is 1.88. The molecule has 0 aliphatic heterocycles. The molecule has 4 heteroatoms. The molecular weight excluding hydrogens is 107 g/mol. The minimum absolute atomic E-state index is 0.900. The molecule has 2 unspecified atom stereocenters. The Morgan fingerprint density at radius 3 is 2.00 bits per heavy atom. The smallest absolute Gasteiger partial charge is 0.196 e. The average molecular weight is 113 g/mol. The predicted molar refractivity (Wildman–Crippen MR) is 23.5 cm³/mol. The Balaban J connectivity index is 3.17. The summed E-state index contributed by atoms with van der Waals surface area (Å²) in [5.41, 5.74) is -1.06. The molecule has 0 aliphatic carbocycles. The molecule has 2 atom stereocenters. The highest BCUT2D eigenvalue weighted by Gasteiger charge is 2.11. The molecule has 0 saturated heterocycles. The van der Waals surface area contributed by atoms with Gasteiger partial charge < -0.3 is 0 Å². The van der Waals surface area contributed by atoms with Crippen molar-refractivity contribution in [3.63, 3.8) is 0 Å². The molecular formula is C2H6F2NP. The van der Waals surface area contributed by atoms with Crippen molar-refractivity contribution in [2.45, 2.75) is 12.5 Å². The molecule has 0 spiro atoms. The monoisotopic (exact) mass is 113 g/mol. The normalized spacial score (nSPS) is 20.0. The molecule has 6 heavy (non-hydrogen) atoms. The molecule has 0 fully saturated rings. The Morgan fingerprint density at radius 2 is 2.00 bits per heavy atom. The van der Waals surface area contributed by atoms with Crippen molar-refractivity contribution < 1.29 is 8.87 Å². The summed E-state index contributed by atoms with van der Waals surface area (Å²) in [4.78, 5) is 0. The molecule has 0 aromatic rings. The summed E-state index contributed by atoms with van der Waals surface area (Å²) in [6, 6.07) is 0. The number of hydrogen-bond acceptors (Lipinski definition) is 1. The third-order valence-electron chi connectivity index (χ3n) is 0.185. The van der Waals surface area contributed by atoms with E-state index >= 15 is 0 Å². The maximum atomic E-state index is 11.6. The first kappa shape index (κ1) is 6.25. The Bertz CT molecular complexity index is 41.3. The Hall–Kier alpha value is 0.250. The lowest BCUT2D eigenvalue weighted by Crippen LogP contribution is -2.22. The molecule has 0 radical (unpaired) electrons. The third kappa shape index (κ3) is 4.25. The number of alkyl halides is 1. The van der Waals surface area contributed by atoms with Crippen molar-refractivity contribution in [2.24, 2.45) is 0 Å². The fourth-order valence-corrected chi connectivity index (χ4v) is 0. The van der Waals surface area contributed by atoms with Gasteiger partial charge in [0.2, 0.25) is 0 Å². The van der Waals surface area contributed by atoms with Crippen molar-refractivity contribution in [1.29, 1.82) is 0 Å². The lowest BCUT2D eigenvalue weighted by Gasteiger charge is -2.05. The summed E-state index contributed by atoms with van der Waals surface area (Å²) in [5.74, 6) is 0. The fraction of sp³-hybridized carbons (Fsp3) is 1.00. The topological polar surface area (TPSA) is 12.0 Å². The van der Waals surface area contributed by atoms with Crippen LogP contribution in [-0.2, 0) is 0 Å². The predicted octanol–water partition coefficient (Wildman–Crippen LogP) is 0.979. The fourth-order valence-electron chi connectivity index (χ4n) is 0. The van der Waals surface area contributed by atoms with Crippen LogP contribution < -0.4 is 5.54 Å². The number of halogens is 2. The molecule has 1 N–H and O–H groups in total. The van der Waals surface area contributed by atoms with Gasteiger partial charge in [0.25, 0.3) is 0 Å². The zero-order chi connectivity index (χ0) is 5.21. The number of nitrogens with one attached hydrogen (secondary N) is 1. The van der Waals surface area contributed by atoms with Gasteiger partial charge in [-0.2, -0.15) is 0 Å². The highest BCUT2D eigenvalue weighted by Crippen LogP contribution is 2.13. The van der Waals surface area contributed by atoms with E-state index in [1.165, 1.54) is 0 Å². The van der Waals surface area contributed by atoms with Crippen LogP contribution >= 0.6 is 9.24 Å². The molecule has 0 bridgehead atoms. The molecule has 1 nitrogen and oxygen atoms in total. The van der Waals surface area contributed by atoms with Gasteiger partial charge in [0.1, 0.15) is 0 Å². The molecule has 0 aliphatic rings. The summed E-state index contributed by atoms with van der Waals surface area (Å²) >= 11 is 0. The quantitative estimate of drug-likeness (QED) is 0.303. The van der Waals surface area contributed by atoms with E-state index in [1.807, 2.05) is 0 Å². The van der Waals surface area contributed by atoms with E-state index in [1.54, 1.807) is 9.24 Å². The van der Waals surface area contributed by atoms with Crippen molar-refractivity contribution in [3.05, 3.63) is 0 Å². The zero-order valence-electron chi connectivity index (χ0n) is 3.33. The molecule has 0 heterocycles. The second kappa shape index (κ2) is 1.80. The first-order valence-electron chi connectivity index (χ1n) is 1.42. The van der Waals surface area contributed by atoms with E-state index in [4.69, 9.17) is 0 Å². The number of hydrogen-bond donors (Lipinski definition) is 1. The van der Waals surface area contributed by atoms with Gasteiger partial charge in [-0.15, -0.1) is 10.0 Å². The van der Waals surface area contributed by atoms with Gasteiger partial charge in [0.05, 0.1) is 0 Å². The van der Waals surface area contributed by atoms with E-state index in [2.05, 4.69) is 0 Å². The second-order valence-electron chi connectivity index (χ2n) is 1.17. The van der Waals surface area contributed by atoms with Crippen LogP contribution in [0.25, 0.3) is 0 Å². The van der Waals surface area contributed by atoms with Gasteiger partial charge >= 0.3 is 0 Å². The van der Waals surface area contributed by atoms with Crippen LogP contribution in [-0.4, -0.2) is 5.53 Å². The Labute approximate surface area is 37.3 Å². The summed E-state index contributed by atoms with van der Waals surface area (Å²) in [5, 5.41) is 0. The van der Waals surface area contributed by atoms with E-state index in [9.17, 15) is 8.87 Å². The maximum Gasteiger partial charge on any atom is 0.196 e. The standard InChI is InChI=1S/C2H6F2NP/c1-2(3,6)5-4/h5H,6H2,1H3. The van der Waals surface area contributed by atoms with E-state index in [0.717, 1.165) is 12.5 Å². The van der Waals surface area contributed by atoms with E-state index < -0.39 is 5.53 Å². The van der Waals surface area contributed by atoms with Gasteiger partial charge in [-0.25, -0.2) is 4.39 Å². The summed E-state index contributed by atoms with van der Waals surface area (Å²) in [6.07, 6.45) is 0. The van der Waals surface area contributed by atoms with Crippen LogP contribution in [0.2, 0.25) is 0 Å². The minimum atomic E-state index is -1.96. The van der Waals surface area contributed by atoms with Crippen molar-refractivity contribution in [3.8, 4) is 0 Å². The highest BCUT2D eigenvalue weighted by atomic mass is 31.0. The molecule has 0 rings (SSSR count). The average Bonchev–Trinajstić information content (AvgIpc) is 1.35. The first-order chi connectivity index (χ1) is 2.56. The first-order valence-corrected chi connectivity index (χ1v) is 1.99. The summed E-state index contributed by atoms with van der Waals surface area (Å²) in [6.45, 7) is 1.05. The van der Waals surface area contributed by atoms with Crippen LogP contribution in [0, 0.1) is 0 Å². The zero-order valence-corrected chi connectivity index (χ0v) is 4.49. The SMILES string of the molecule is CC(F)(P)NF. The molecule has 0 aromatic carbocycles. The van der Waals surface area contributed by atoms with Crippen molar-refractivity contribution >= 4 is 9.24 Å². The van der Waals surface area contributed by atoms with Crippen molar-refractivity contribution in [1.82, 2.24) is 5.54 Å². The highest BCUT2D eigenvalue weighted by molar-refractivity contribution is 7.18. The van der Waals surface area contributed by atoms with Gasteiger partial charge in [-0.3, -0.25) is 0 Å². The molecule has 0 aromatic heterocycles. The Morgan fingerprint density at radius 1 is 1.83 bits per heavy atom. The maximum absolute atomic E-state index is 11.6. The van der Waals surface area contributed by atoms with Crippen LogP contribution in [0.1, 0.15) is 6.92 Å². The molecule has 0 saturated carbocycles. The van der Waals surface area contributed by atoms with Crippen LogP contribution in [0.3, 0.4) is 0 Å². The van der Waals surface area contributed by atoms with Crippen LogP contribution in [0.5, 0.6) is 0 Å². The summed E-state index contributed by atoms with van der Waals surface area (Å²) < 4.78 is 22.4. The van der Waals surface area contributed by atoms with E-state index in [-0.39, 0.29) is 0 Å². The summed E-state index contributed by atoms with van der Waals surface area (Å²) in [7, 11) is 1.64. The lowest BCUT2D eigenvalue weighted by atomic mass is 10.7. The van der Waals surface area contributed by atoms with Gasteiger partial charge in [-0.05, 0) is 6.92 Å². The van der Waals surface area contributed by atoms with Gasteiger partial charge in [0.15, 0.2) is 5.53 Å². The third-order valence-corrected chi connectivity index (χ3v) is 0.294. The minimum Gasteiger partial charge on any atom is -0.220 e. The molecule has 0 amide bonds. The second-order valence-corrected chi connectivity index (χ2v) is 2.25. The van der Waals surface area contributed by atoms with Gasteiger partial charge in [0, 0.05) is 0 Å².